The van der Waals surface area contributed by atoms with Crippen molar-refractivity contribution in [1.82, 2.24) is 0 Å². The summed E-state index contributed by atoms with van der Waals surface area (Å²) < 4.78 is 41.7. The lowest BCUT2D eigenvalue weighted by Crippen LogP contribution is -2.15. The molecule has 0 aromatic heterocycles. The summed E-state index contributed by atoms with van der Waals surface area (Å²) in [7, 11) is 0. The van der Waals surface area contributed by atoms with Crippen LogP contribution in [0.3, 0.4) is 0 Å². The van der Waals surface area contributed by atoms with Gasteiger partial charge in [0.15, 0.2) is 0 Å². The Hall–Kier alpha value is -2.21. The summed E-state index contributed by atoms with van der Waals surface area (Å²) in [6, 6.07) is 8.94. The van der Waals surface area contributed by atoms with Gasteiger partial charge in [0, 0.05) is 0 Å². The van der Waals surface area contributed by atoms with Crippen LogP contribution < -0.4 is 10.1 Å². The maximum absolute atomic E-state index is 12.9. The molecule has 0 saturated carbocycles. The van der Waals surface area contributed by atoms with Crippen molar-refractivity contribution in [2.24, 2.45) is 0 Å². The molecule has 3 nitrogen and oxygen atoms in total. The molecule has 7 heteroatoms. The van der Waals surface area contributed by atoms with E-state index in [1.807, 2.05) is 0 Å². The van der Waals surface area contributed by atoms with Crippen LogP contribution in [0.2, 0.25) is 5.02 Å². The van der Waals surface area contributed by atoms with Crippen molar-refractivity contribution in [3.8, 4) is 5.75 Å². The van der Waals surface area contributed by atoms with Crippen molar-refractivity contribution in [1.29, 1.82) is 0 Å². The van der Waals surface area contributed by atoms with Gasteiger partial charge in [-0.15, -0.1) is 0 Å². The Kier molecular flexibility index (Phi) is 4.70. The van der Waals surface area contributed by atoms with E-state index in [4.69, 9.17) is 11.6 Å². The highest BCUT2D eigenvalue weighted by molar-refractivity contribution is 6.34. The SMILES string of the molecule is O=C(Nc1ccc(F)cc1Cl)c1ccccc1OC(F)F. The zero-order chi connectivity index (χ0) is 15.4. The first-order valence-electron chi connectivity index (χ1n) is 5.77. The van der Waals surface area contributed by atoms with Gasteiger partial charge in [0.2, 0.25) is 0 Å². The fraction of sp³-hybridized carbons (Fsp3) is 0.0714. The Morgan fingerprint density at radius 2 is 1.90 bits per heavy atom. The highest BCUT2D eigenvalue weighted by Crippen LogP contribution is 2.25. The quantitative estimate of drug-likeness (QED) is 0.912. The monoisotopic (exact) mass is 315 g/mol. The van der Waals surface area contributed by atoms with Crippen molar-refractivity contribution in [3.63, 3.8) is 0 Å². The molecular formula is C14H9ClF3NO2. The van der Waals surface area contributed by atoms with Gasteiger partial charge in [-0.25, -0.2) is 4.39 Å². The fourth-order valence-corrected chi connectivity index (χ4v) is 1.85. The standard InChI is InChI=1S/C14H9ClF3NO2/c15-10-7-8(16)5-6-11(10)19-13(20)9-3-1-2-4-12(9)21-14(17)18/h1-7,14H,(H,19,20). The molecule has 2 rings (SSSR count). The molecule has 1 amide bonds. The number of amides is 1. The van der Waals surface area contributed by atoms with Crippen LogP contribution in [-0.4, -0.2) is 12.5 Å². The van der Waals surface area contributed by atoms with Gasteiger partial charge in [0.25, 0.3) is 5.91 Å². The number of carbonyl (C=O) groups is 1. The van der Waals surface area contributed by atoms with Crippen molar-refractivity contribution in [3.05, 3.63) is 58.9 Å². The predicted octanol–water partition coefficient (Wildman–Crippen LogP) is 4.33. The van der Waals surface area contributed by atoms with Gasteiger partial charge in [0.1, 0.15) is 11.6 Å². The molecule has 0 bridgehead atoms. The van der Waals surface area contributed by atoms with Crippen LogP contribution >= 0.6 is 11.6 Å². The van der Waals surface area contributed by atoms with Crippen molar-refractivity contribution in [2.45, 2.75) is 6.61 Å². The first-order valence-corrected chi connectivity index (χ1v) is 6.15. The molecule has 0 aliphatic carbocycles. The van der Waals surface area contributed by atoms with Gasteiger partial charge in [-0.05, 0) is 30.3 Å². The fourth-order valence-electron chi connectivity index (χ4n) is 1.63. The number of alkyl halides is 2. The zero-order valence-electron chi connectivity index (χ0n) is 10.4. The first-order chi connectivity index (χ1) is 9.97. The number of halogens is 4. The van der Waals surface area contributed by atoms with E-state index < -0.39 is 18.3 Å². The highest BCUT2D eigenvalue weighted by atomic mass is 35.5. The Morgan fingerprint density at radius 1 is 1.19 bits per heavy atom. The number of rotatable bonds is 4. The Bertz CT molecular complexity index is 664. The topological polar surface area (TPSA) is 38.3 Å². The number of anilines is 1. The predicted molar refractivity (Wildman–Crippen MR) is 72.4 cm³/mol. The van der Waals surface area contributed by atoms with Crippen molar-refractivity contribution in [2.75, 3.05) is 5.32 Å². The molecule has 0 aliphatic heterocycles. The molecule has 0 unspecified atom stereocenters. The maximum atomic E-state index is 12.9. The summed E-state index contributed by atoms with van der Waals surface area (Å²) >= 11 is 5.78. The van der Waals surface area contributed by atoms with Crippen molar-refractivity contribution < 1.29 is 22.7 Å². The summed E-state index contributed by atoms with van der Waals surface area (Å²) in [5.74, 6) is -1.51. The molecular weight excluding hydrogens is 307 g/mol. The van der Waals surface area contributed by atoms with Crippen LogP contribution in [0.1, 0.15) is 10.4 Å². The van der Waals surface area contributed by atoms with E-state index in [1.165, 1.54) is 30.3 Å². The summed E-state index contributed by atoms with van der Waals surface area (Å²) in [6.07, 6.45) is 0. The molecule has 0 atom stereocenters. The van der Waals surface area contributed by atoms with Crippen LogP contribution in [-0.2, 0) is 0 Å². The normalized spacial score (nSPS) is 10.5. The molecule has 0 spiro atoms. The van der Waals surface area contributed by atoms with E-state index in [1.54, 1.807) is 0 Å². The van der Waals surface area contributed by atoms with Crippen LogP contribution in [0.4, 0.5) is 18.9 Å². The number of carbonyl (C=O) groups excluding carboxylic acids is 1. The summed E-state index contributed by atoms with van der Waals surface area (Å²) in [5.41, 5.74) is 0.0770. The van der Waals surface area contributed by atoms with Gasteiger partial charge in [0.05, 0.1) is 16.3 Å². The second-order valence-electron chi connectivity index (χ2n) is 3.95. The first kappa shape index (κ1) is 15.2. The van der Waals surface area contributed by atoms with Crippen LogP contribution in [0, 0.1) is 5.82 Å². The summed E-state index contributed by atoms with van der Waals surface area (Å²) in [5, 5.41) is 2.40. The van der Waals surface area contributed by atoms with E-state index in [2.05, 4.69) is 10.1 Å². The highest BCUT2D eigenvalue weighted by Gasteiger charge is 2.16. The molecule has 0 saturated heterocycles. The van der Waals surface area contributed by atoms with Gasteiger partial charge in [-0.2, -0.15) is 8.78 Å². The smallest absolute Gasteiger partial charge is 0.387 e. The lowest BCUT2D eigenvalue weighted by molar-refractivity contribution is -0.0501. The van der Waals surface area contributed by atoms with E-state index in [9.17, 15) is 18.0 Å². The van der Waals surface area contributed by atoms with Crippen LogP contribution in [0.15, 0.2) is 42.5 Å². The number of nitrogens with one attached hydrogen (secondary N) is 1. The average molecular weight is 316 g/mol. The summed E-state index contributed by atoms with van der Waals surface area (Å²) in [4.78, 5) is 12.1. The molecule has 21 heavy (non-hydrogen) atoms. The Morgan fingerprint density at radius 3 is 2.57 bits per heavy atom. The number of ether oxygens (including phenoxy) is 1. The number of hydrogen-bond acceptors (Lipinski definition) is 2. The third-order valence-electron chi connectivity index (χ3n) is 2.53. The minimum absolute atomic E-state index is 0.00407. The minimum Gasteiger partial charge on any atom is -0.434 e. The molecule has 0 heterocycles. The Labute approximate surface area is 123 Å². The summed E-state index contributed by atoms with van der Waals surface area (Å²) in [6.45, 7) is -3.05. The van der Waals surface area contributed by atoms with Gasteiger partial charge < -0.3 is 10.1 Å². The van der Waals surface area contributed by atoms with Gasteiger partial charge in [-0.3, -0.25) is 4.79 Å². The minimum atomic E-state index is -3.05. The second-order valence-corrected chi connectivity index (χ2v) is 4.36. The number of benzene rings is 2. The number of hydrogen-bond donors (Lipinski definition) is 1. The third kappa shape index (κ3) is 3.88. The van der Waals surface area contributed by atoms with Crippen LogP contribution in [0.25, 0.3) is 0 Å². The van der Waals surface area contributed by atoms with Gasteiger partial charge >= 0.3 is 6.61 Å². The molecule has 2 aromatic carbocycles. The average Bonchev–Trinajstić information content (AvgIpc) is 2.42. The zero-order valence-corrected chi connectivity index (χ0v) is 11.2. The third-order valence-corrected chi connectivity index (χ3v) is 2.84. The maximum Gasteiger partial charge on any atom is 0.387 e. The molecule has 110 valence electrons. The molecule has 0 aliphatic rings. The van der Waals surface area contributed by atoms with Crippen LogP contribution in [0.5, 0.6) is 5.75 Å². The molecule has 2 aromatic rings. The van der Waals surface area contributed by atoms with Crippen molar-refractivity contribution >= 4 is 23.2 Å². The van der Waals surface area contributed by atoms with E-state index in [0.29, 0.717) is 0 Å². The molecule has 0 fully saturated rings. The lowest BCUT2D eigenvalue weighted by Gasteiger charge is -2.11. The second kappa shape index (κ2) is 6.49. The van der Waals surface area contributed by atoms with E-state index in [0.717, 1.165) is 12.1 Å². The van der Waals surface area contributed by atoms with E-state index >= 15 is 0 Å². The number of para-hydroxylation sites is 1. The van der Waals surface area contributed by atoms with E-state index in [-0.39, 0.29) is 22.0 Å². The Balaban J connectivity index is 2.24. The lowest BCUT2D eigenvalue weighted by atomic mass is 10.2. The molecule has 0 radical (unpaired) electrons. The molecule has 1 N–H and O–H groups in total. The van der Waals surface area contributed by atoms with Gasteiger partial charge in [-0.1, -0.05) is 23.7 Å². The largest absolute Gasteiger partial charge is 0.434 e.